The molecule has 4 rings (SSSR count). The molecule has 2 fully saturated rings. The zero-order chi connectivity index (χ0) is 31.5. The Labute approximate surface area is 247 Å². The highest BCUT2D eigenvalue weighted by Crippen LogP contribution is 2.46. The molecule has 43 heavy (non-hydrogen) atoms. The van der Waals surface area contributed by atoms with E-state index in [0.717, 1.165) is 0 Å². The van der Waals surface area contributed by atoms with Crippen molar-refractivity contribution in [3.05, 3.63) is 24.2 Å². The second-order valence-electron chi connectivity index (χ2n) is 11.0. The molecule has 2 aliphatic rings. The second kappa shape index (κ2) is 13.6. The van der Waals surface area contributed by atoms with Crippen LogP contribution in [0.5, 0.6) is 0 Å². The van der Waals surface area contributed by atoms with Crippen LogP contribution in [0.3, 0.4) is 0 Å². The van der Waals surface area contributed by atoms with Gasteiger partial charge in [0.25, 0.3) is 0 Å². The lowest BCUT2D eigenvalue weighted by Crippen LogP contribution is -2.52. The molecule has 0 spiro atoms. The van der Waals surface area contributed by atoms with Gasteiger partial charge in [-0.25, -0.2) is 13.9 Å². The number of esters is 3. The van der Waals surface area contributed by atoms with Gasteiger partial charge in [0.05, 0.1) is 30.7 Å². The van der Waals surface area contributed by atoms with E-state index in [1.54, 1.807) is 39.8 Å². The van der Waals surface area contributed by atoms with Gasteiger partial charge in [-0.05, 0) is 23.6 Å². The van der Waals surface area contributed by atoms with Crippen molar-refractivity contribution < 1.29 is 51.5 Å². The van der Waals surface area contributed by atoms with E-state index in [2.05, 4.69) is 15.2 Å². The number of aromatic nitrogens is 3. The van der Waals surface area contributed by atoms with E-state index in [1.807, 2.05) is 0 Å². The van der Waals surface area contributed by atoms with Gasteiger partial charge < -0.3 is 29.4 Å². The largest absolute Gasteiger partial charge is 0.613 e. The summed E-state index contributed by atoms with van der Waals surface area (Å²) < 4.78 is 62.7. The number of nitrogen functional groups attached to an aromatic ring is 1. The van der Waals surface area contributed by atoms with E-state index >= 15 is 4.39 Å². The van der Waals surface area contributed by atoms with Crippen molar-refractivity contribution in [1.29, 1.82) is 0 Å². The smallest absolute Gasteiger partial charge is 0.456 e. The zero-order valence-corrected chi connectivity index (χ0v) is 25.3. The molecule has 4 heterocycles. The van der Waals surface area contributed by atoms with Crippen LogP contribution in [0.25, 0.3) is 5.52 Å². The minimum Gasteiger partial charge on any atom is -0.456 e. The monoisotopic (exact) mass is 628 g/mol. The molecular formula is C26H36FN5O10P+. The maximum atomic E-state index is 15.2. The van der Waals surface area contributed by atoms with E-state index in [0.29, 0.717) is 11.2 Å². The zero-order valence-electron chi connectivity index (χ0n) is 24.4. The predicted molar refractivity (Wildman–Crippen MR) is 146 cm³/mol. The Morgan fingerprint density at radius 3 is 2.40 bits per heavy atom. The number of carbonyl (C=O) groups is 3. The van der Waals surface area contributed by atoms with Crippen molar-refractivity contribution in [2.24, 2.45) is 11.8 Å². The van der Waals surface area contributed by atoms with Crippen LogP contribution in [0.4, 0.5) is 10.2 Å². The molecule has 0 saturated carbocycles. The van der Waals surface area contributed by atoms with Gasteiger partial charge in [0.15, 0.2) is 23.6 Å². The summed E-state index contributed by atoms with van der Waals surface area (Å²) in [6, 6.07) is 2.16. The number of hydrogen-bond donors (Lipinski definition) is 2. The third-order valence-electron chi connectivity index (χ3n) is 6.91. The molecule has 3 N–H and O–H groups in total. The third-order valence-corrected chi connectivity index (χ3v) is 7.87. The lowest BCUT2D eigenvalue weighted by atomic mass is 9.95. The summed E-state index contributed by atoms with van der Waals surface area (Å²) in [6.45, 7) is 6.33. The number of nitrogens with zero attached hydrogens (tertiary/aromatic N) is 3. The summed E-state index contributed by atoms with van der Waals surface area (Å²) in [7, 11) is -2.77. The Bertz CT molecular complexity index is 1350. The van der Waals surface area contributed by atoms with Crippen LogP contribution >= 0.6 is 8.18 Å². The number of ether oxygens (including phenoxy) is 5. The van der Waals surface area contributed by atoms with E-state index in [-0.39, 0.29) is 25.1 Å². The molecule has 0 radical (unpaired) electrons. The Morgan fingerprint density at radius 1 is 1.12 bits per heavy atom. The molecule has 2 aromatic heterocycles. The molecule has 2 saturated heterocycles. The first kappa shape index (κ1) is 32.6. The van der Waals surface area contributed by atoms with Gasteiger partial charge in [0.1, 0.15) is 43.4 Å². The summed E-state index contributed by atoms with van der Waals surface area (Å²) in [5, 5.41) is 6.67. The van der Waals surface area contributed by atoms with Crippen LogP contribution in [0.15, 0.2) is 18.5 Å². The van der Waals surface area contributed by atoms with E-state index in [4.69, 9.17) is 33.9 Å². The number of fused-ring (bicyclic) bond motifs is 1. The Balaban J connectivity index is 1.64. The Hall–Kier alpha value is -3.30. The van der Waals surface area contributed by atoms with E-state index < -0.39 is 81.2 Å². The molecule has 0 aliphatic carbocycles. The number of anilines is 1. The Morgan fingerprint density at radius 2 is 1.79 bits per heavy atom. The summed E-state index contributed by atoms with van der Waals surface area (Å²) in [4.78, 5) is 41.9. The van der Waals surface area contributed by atoms with Crippen molar-refractivity contribution in [3.8, 4) is 0 Å². The molecule has 15 nitrogen and oxygen atoms in total. The molecule has 0 bridgehead atoms. The molecule has 2 aliphatic heterocycles. The molecule has 6 atom stereocenters. The number of halogens is 1. The fraction of sp³-hybridized carbons (Fsp3) is 0.654. The highest BCUT2D eigenvalue weighted by atomic mass is 31.1. The molecule has 236 valence electrons. The molecular weight excluding hydrogens is 592 g/mol. The number of nitrogens with two attached hydrogens (primary N) is 1. The molecule has 1 unspecified atom stereocenters. The van der Waals surface area contributed by atoms with Crippen LogP contribution < -0.4 is 10.8 Å². The lowest BCUT2D eigenvalue weighted by Gasteiger charge is -2.31. The van der Waals surface area contributed by atoms with Gasteiger partial charge >= 0.3 is 26.1 Å². The highest BCUT2D eigenvalue weighted by Gasteiger charge is 2.62. The van der Waals surface area contributed by atoms with Gasteiger partial charge in [-0.15, -0.1) is 4.52 Å². The van der Waals surface area contributed by atoms with Gasteiger partial charge in [0.2, 0.25) is 0 Å². The quantitative estimate of drug-likeness (QED) is 0.185. The first-order valence-corrected chi connectivity index (χ1v) is 14.9. The van der Waals surface area contributed by atoms with Gasteiger partial charge in [0, 0.05) is 0 Å². The van der Waals surface area contributed by atoms with Crippen molar-refractivity contribution in [2.45, 2.75) is 70.7 Å². The van der Waals surface area contributed by atoms with Crippen molar-refractivity contribution in [1.82, 2.24) is 19.7 Å². The minimum absolute atomic E-state index is 0.151. The molecule has 2 aromatic rings. The second-order valence-corrected chi connectivity index (χ2v) is 12.0. The van der Waals surface area contributed by atoms with E-state index in [1.165, 1.54) is 17.8 Å². The third kappa shape index (κ3) is 7.10. The van der Waals surface area contributed by atoms with Crippen LogP contribution in [0, 0.1) is 11.8 Å². The van der Waals surface area contributed by atoms with E-state index in [9.17, 15) is 18.9 Å². The average molecular weight is 629 g/mol. The summed E-state index contributed by atoms with van der Waals surface area (Å²) in [5.74, 6) is -3.13. The van der Waals surface area contributed by atoms with Crippen LogP contribution in [0.2, 0.25) is 0 Å². The number of hydrogen-bond acceptors (Lipinski definition) is 13. The average Bonchev–Trinajstić information content (AvgIpc) is 3.49. The fourth-order valence-corrected chi connectivity index (χ4v) is 5.15. The first-order valence-electron chi connectivity index (χ1n) is 13.7. The molecule has 0 aromatic carbocycles. The maximum absolute atomic E-state index is 15.2. The van der Waals surface area contributed by atoms with Crippen molar-refractivity contribution >= 4 is 37.4 Å². The SMILES string of the molecule is CC(C)C(=O)O[C@H]1[C@H](c2ccc3c(N)ncnn23)O[C@](CF)(CO[P+](=O)N[C@@H](C)C(=O)OC2COC2)[C@H]1OC(=O)C(C)C. The standard InChI is InChI=1S/C26H36FN5O10P/c1-13(2)23(33)40-20-19(17-6-7-18-22(28)29-12-30-32(17)18)42-26(10-27,21(20)41-24(34)14(3)4)11-38-43(36)31-15(5)25(35)39-16-8-37-9-16/h6-7,12-16,19-21H,8-11H2,1-5H3,(H,31,36)(H2,28,29,30)/q+1/t15-,19-,20-,21-,26+/m0/s1. The number of rotatable bonds is 13. The fourth-order valence-electron chi connectivity index (χ4n) is 4.32. The molecule has 17 heteroatoms. The highest BCUT2D eigenvalue weighted by molar-refractivity contribution is 7.36. The Kier molecular flexibility index (Phi) is 10.3. The summed E-state index contributed by atoms with van der Waals surface area (Å²) in [5.41, 5.74) is 4.60. The topological polar surface area (TPSA) is 192 Å². The van der Waals surface area contributed by atoms with Crippen molar-refractivity contribution in [2.75, 3.05) is 32.2 Å². The first-order chi connectivity index (χ1) is 20.4. The summed E-state index contributed by atoms with van der Waals surface area (Å²) in [6.07, 6.45) is -3.31. The predicted octanol–water partition coefficient (Wildman–Crippen LogP) is 1.82. The minimum atomic E-state index is -2.77. The van der Waals surface area contributed by atoms with Gasteiger partial charge in [-0.1, -0.05) is 32.8 Å². The van der Waals surface area contributed by atoms with Gasteiger partial charge in [-0.2, -0.15) is 5.10 Å². The number of nitrogens with one attached hydrogen (secondary N) is 1. The maximum Gasteiger partial charge on any atom is 0.613 e. The summed E-state index contributed by atoms with van der Waals surface area (Å²) >= 11 is 0. The normalized spacial score (nSPS) is 25.0. The lowest BCUT2D eigenvalue weighted by molar-refractivity contribution is -0.178. The molecule has 0 amide bonds. The van der Waals surface area contributed by atoms with Crippen LogP contribution in [-0.2, 0) is 47.2 Å². The van der Waals surface area contributed by atoms with Crippen LogP contribution in [0.1, 0.15) is 46.4 Å². The van der Waals surface area contributed by atoms with Crippen LogP contribution in [-0.4, -0.2) is 89.0 Å². The number of alkyl halides is 1. The van der Waals surface area contributed by atoms with Crippen molar-refractivity contribution in [3.63, 3.8) is 0 Å². The van der Waals surface area contributed by atoms with Gasteiger partial charge in [-0.3, -0.25) is 14.4 Å². The number of carbonyl (C=O) groups excluding carboxylic acids is 3.